The molecule has 0 amide bonds. The Morgan fingerprint density at radius 3 is 2.89 bits per heavy atom. The summed E-state index contributed by atoms with van der Waals surface area (Å²) in [6.45, 7) is 3.33. The van der Waals surface area contributed by atoms with E-state index in [0.717, 1.165) is 22.6 Å². The Morgan fingerprint density at radius 1 is 1.32 bits per heavy atom. The number of thiophene rings is 1. The van der Waals surface area contributed by atoms with Crippen molar-refractivity contribution >= 4 is 39.0 Å². The van der Waals surface area contributed by atoms with E-state index in [2.05, 4.69) is 28.3 Å². The normalized spacial score (nSPS) is 18.6. The van der Waals surface area contributed by atoms with Gasteiger partial charge in [-0.3, -0.25) is 0 Å². The first kappa shape index (κ1) is 13.1. The van der Waals surface area contributed by atoms with Gasteiger partial charge in [-0.25, -0.2) is 9.97 Å². The van der Waals surface area contributed by atoms with E-state index >= 15 is 0 Å². The van der Waals surface area contributed by atoms with Crippen LogP contribution in [0.15, 0.2) is 11.4 Å². The molecule has 3 nitrogen and oxygen atoms in total. The monoisotopic (exact) mass is 295 g/mol. The Bertz CT molecular complexity index is 575. The largest absolute Gasteiger partial charge is 0.369 e. The highest BCUT2D eigenvalue weighted by molar-refractivity contribution is 7.16. The third kappa shape index (κ3) is 2.84. The van der Waals surface area contributed by atoms with Crippen LogP contribution in [0.1, 0.15) is 39.0 Å². The van der Waals surface area contributed by atoms with Gasteiger partial charge in [0.1, 0.15) is 10.6 Å². The highest BCUT2D eigenvalue weighted by atomic mass is 35.5. The van der Waals surface area contributed by atoms with Crippen LogP contribution in [0.5, 0.6) is 0 Å². The quantitative estimate of drug-likeness (QED) is 0.832. The number of rotatable bonds is 3. The minimum atomic E-state index is 0.325. The second-order valence-corrected chi connectivity index (χ2v) is 6.94. The third-order valence-electron chi connectivity index (χ3n) is 4.04. The molecule has 1 aliphatic rings. The fraction of sp³-hybridized carbons (Fsp3) is 0.571. The Balaban J connectivity index is 1.79. The predicted molar refractivity (Wildman–Crippen MR) is 82.1 cm³/mol. The van der Waals surface area contributed by atoms with E-state index in [9.17, 15) is 0 Å². The minimum absolute atomic E-state index is 0.325. The summed E-state index contributed by atoms with van der Waals surface area (Å²) < 4.78 is 0. The van der Waals surface area contributed by atoms with Gasteiger partial charge in [0.25, 0.3) is 0 Å². The molecule has 0 aromatic carbocycles. The molecule has 0 atom stereocenters. The van der Waals surface area contributed by atoms with Crippen LogP contribution >= 0.6 is 22.9 Å². The fourth-order valence-electron chi connectivity index (χ4n) is 2.84. The SMILES string of the molecule is CC1(CNc2nc(Cl)nc3sccc23)CCCCC1. The molecular formula is C14H18ClN3S. The molecule has 0 spiro atoms. The summed E-state index contributed by atoms with van der Waals surface area (Å²) in [5.41, 5.74) is 0.387. The van der Waals surface area contributed by atoms with E-state index in [4.69, 9.17) is 11.6 Å². The lowest BCUT2D eigenvalue weighted by Gasteiger charge is -2.33. The summed E-state index contributed by atoms with van der Waals surface area (Å²) in [6, 6.07) is 2.06. The fourth-order valence-corrected chi connectivity index (χ4v) is 3.83. The zero-order valence-electron chi connectivity index (χ0n) is 11.1. The number of hydrogen-bond acceptors (Lipinski definition) is 4. The summed E-state index contributed by atoms with van der Waals surface area (Å²) in [5.74, 6) is 0.878. The summed E-state index contributed by atoms with van der Waals surface area (Å²) in [4.78, 5) is 9.54. The number of nitrogens with one attached hydrogen (secondary N) is 1. The van der Waals surface area contributed by atoms with E-state index in [-0.39, 0.29) is 0 Å². The lowest BCUT2D eigenvalue weighted by atomic mass is 9.76. The zero-order valence-corrected chi connectivity index (χ0v) is 12.7. The molecule has 102 valence electrons. The smallest absolute Gasteiger partial charge is 0.225 e. The molecule has 0 aliphatic heterocycles. The van der Waals surface area contributed by atoms with Crippen molar-refractivity contribution in [1.82, 2.24) is 9.97 Å². The van der Waals surface area contributed by atoms with Crippen LogP contribution in [0.25, 0.3) is 10.2 Å². The molecule has 0 saturated heterocycles. The summed E-state index contributed by atoms with van der Waals surface area (Å²) in [7, 11) is 0. The maximum Gasteiger partial charge on any atom is 0.225 e. The predicted octanol–water partition coefficient (Wildman–Crippen LogP) is 4.73. The first-order valence-electron chi connectivity index (χ1n) is 6.81. The lowest BCUT2D eigenvalue weighted by Crippen LogP contribution is -2.29. The molecular weight excluding hydrogens is 278 g/mol. The molecule has 19 heavy (non-hydrogen) atoms. The van der Waals surface area contributed by atoms with Crippen molar-refractivity contribution in [2.45, 2.75) is 39.0 Å². The Hall–Kier alpha value is -0.870. The molecule has 2 heterocycles. The van der Waals surface area contributed by atoms with Crippen molar-refractivity contribution in [2.75, 3.05) is 11.9 Å². The summed E-state index contributed by atoms with van der Waals surface area (Å²) in [6.07, 6.45) is 6.66. The first-order chi connectivity index (χ1) is 9.16. The highest BCUT2D eigenvalue weighted by Crippen LogP contribution is 2.36. The van der Waals surface area contributed by atoms with Gasteiger partial charge in [0.2, 0.25) is 5.28 Å². The molecule has 1 fully saturated rings. The first-order valence-corrected chi connectivity index (χ1v) is 8.07. The average Bonchev–Trinajstić information content (AvgIpc) is 2.85. The van der Waals surface area contributed by atoms with Gasteiger partial charge in [-0.15, -0.1) is 11.3 Å². The summed E-state index contributed by atoms with van der Waals surface area (Å²) in [5, 5.41) is 6.93. The van der Waals surface area contributed by atoms with Gasteiger partial charge >= 0.3 is 0 Å². The molecule has 3 rings (SSSR count). The van der Waals surface area contributed by atoms with Crippen molar-refractivity contribution in [1.29, 1.82) is 0 Å². The zero-order chi connectivity index (χ0) is 13.3. The number of halogens is 1. The number of anilines is 1. The molecule has 2 aromatic rings. The molecule has 2 aromatic heterocycles. The topological polar surface area (TPSA) is 37.8 Å². The van der Waals surface area contributed by atoms with Gasteiger partial charge in [0, 0.05) is 6.54 Å². The van der Waals surface area contributed by atoms with Gasteiger partial charge in [-0.1, -0.05) is 26.2 Å². The van der Waals surface area contributed by atoms with Crippen molar-refractivity contribution in [3.05, 3.63) is 16.7 Å². The van der Waals surface area contributed by atoms with Crippen LogP contribution in [0.2, 0.25) is 5.28 Å². The van der Waals surface area contributed by atoms with Gasteiger partial charge < -0.3 is 5.32 Å². The van der Waals surface area contributed by atoms with Crippen LogP contribution < -0.4 is 5.32 Å². The highest BCUT2D eigenvalue weighted by Gasteiger charge is 2.26. The van der Waals surface area contributed by atoms with Crippen LogP contribution in [0.4, 0.5) is 5.82 Å². The maximum absolute atomic E-state index is 5.98. The molecule has 1 saturated carbocycles. The van der Waals surface area contributed by atoms with Crippen LogP contribution in [-0.4, -0.2) is 16.5 Å². The second kappa shape index (κ2) is 5.25. The van der Waals surface area contributed by atoms with Gasteiger partial charge in [0.15, 0.2) is 0 Å². The van der Waals surface area contributed by atoms with Crippen molar-refractivity contribution < 1.29 is 0 Å². The third-order valence-corrected chi connectivity index (χ3v) is 5.02. The average molecular weight is 296 g/mol. The van der Waals surface area contributed by atoms with Gasteiger partial charge in [-0.05, 0) is 41.3 Å². The molecule has 5 heteroatoms. The minimum Gasteiger partial charge on any atom is -0.369 e. The van der Waals surface area contributed by atoms with E-state index in [0.29, 0.717) is 10.7 Å². The van der Waals surface area contributed by atoms with Crippen molar-refractivity contribution in [3.8, 4) is 0 Å². The van der Waals surface area contributed by atoms with Crippen molar-refractivity contribution in [2.24, 2.45) is 5.41 Å². The van der Waals surface area contributed by atoms with Crippen LogP contribution in [0.3, 0.4) is 0 Å². The number of fused-ring (bicyclic) bond motifs is 1. The second-order valence-electron chi connectivity index (χ2n) is 5.71. The molecule has 1 N–H and O–H groups in total. The Labute approximate surface area is 122 Å². The Morgan fingerprint density at radius 2 is 2.11 bits per heavy atom. The van der Waals surface area contributed by atoms with E-state index in [1.165, 1.54) is 32.1 Å². The molecule has 1 aliphatic carbocycles. The number of aromatic nitrogens is 2. The van der Waals surface area contributed by atoms with Crippen LogP contribution in [0, 0.1) is 5.41 Å². The van der Waals surface area contributed by atoms with E-state index < -0.39 is 0 Å². The maximum atomic E-state index is 5.98. The number of nitrogens with zero attached hydrogens (tertiary/aromatic N) is 2. The molecule has 0 bridgehead atoms. The van der Waals surface area contributed by atoms with Gasteiger partial charge in [-0.2, -0.15) is 0 Å². The van der Waals surface area contributed by atoms with Crippen molar-refractivity contribution in [3.63, 3.8) is 0 Å². The lowest BCUT2D eigenvalue weighted by molar-refractivity contribution is 0.233. The Kier molecular flexibility index (Phi) is 3.63. The molecule has 0 unspecified atom stereocenters. The standard InChI is InChI=1S/C14H18ClN3S/c1-14(6-3-2-4-7-14)9-16-11-10-5-8-19-12(10)18-13(15)17-11/h5,8H,2-4,6-7,9H2,1H3,(H,16,17,18). The van der Waals surface area contributed by atoms with E-state index in [1.807, 2.05) is 5.38 Å². The van der Waals surface area contributed by atoms with Crippen LogP contribution in [-0.2, 0) is 0 Å². The van der Waals surface area contributed by atoms with E-state index in [1.54, 1.807) is 11.3 Å². The molecule has 0 radical (unpaired) electrons. The van der Waals surface area contributed by atoms with Gasteiger partial charge in [0.05, 0.1) is 5.39 Å². The number of hydrogen-bond donors (Lipinski definition) is 1. The summed E-state index contributed by atoms with van der Waals surface area (Å²) >= 11 is 7.58.